The smallest absolute Gasteiger partial charge is 0.219 e. The molecule has 0 bridgehead atoms. The number of rotatable bonds is 4. The molecule has 0 radical (unpaired) electrons. The van der Waals surface area contributed by atoms with E-state index in [9.17, 15) is 9.18 Å². The molecule has 1 aromatic carbocycles. The first-order valence-corrected chi connectivity index (χ1v) is 6.54. The first kappa shape index (κ1) is 13.3. The zero-order chi connectivity index (χ0) is 13.3. The van der Waals surface area contributed by atoms with E-state index in [2.05, 4.69) is 20.9 Å². The number of hydrogen-bond acceptors (Lipinski definition) is 2. The number of nitrogens with two attached hydrogens (primary N) is 1. The molecule has 2 rings (SSSR count). The van der Waals surface area contributed by atoms with Crippen LogP contribution in [0.3, 0.4) is 0 Å². The molecule has 0 fully saturated rings. The van der Waals surface area contributed by atoms with E-state index in [1.165, 1.54) is 6.07 Å². The monoisotopic (exact) mass is 333 g/mol. The van der Waals surface area contributed by atoms with Gasteiger partial charge in [0, 0.05) is 19.0 Å². The summed E-state index contributed by atoms with van der Waals surface area (Å²) in [5, 5.41) is 0. The highest BCUT2D eigenvalue weighted by Crippen LogP contribution is 2.25. The molecule has 1 aromatic heterocycles. The Bertz CT molecular complexity index is 614. The van der Waals surface area contributed by atoms with Crippen molar-refractivity contribution in [2.24, 2.45) is 5.73 Å². The molecule has 0 unspecified atom stereocenters. The molecule has 2 aromatic rings. The SMILES string of the molecule is NC(=O)CCn1c(CCl)nc2cc(F)c(Br)cc21. The van der Waals surface area contributed by atoms with E-state index in [1.807, 2.05) is 0 Å². The van der Waals surface area contributed by atoms with Gasteiger partial charge in [0.05, 0.1) is 21.4 Å². The second-order valence-corrected chi connectivity index (χ2v) is 4.91. The number of imidazole rings is 1. The highest BCUT2D eigenvalue weighted by molar-refractivity contribution is 9.10. The molecule has 0 aliphatic rings. The Morgan fingerprint density at radius 1 is 1.56 bits per heavy atom. The summed E-state index contributed by atoms with van der Waals surface area (Å²) in [6.07, 6.45) is 0.185. The summed E-state index contributed by atoms with van der Waals surface area (Å²) in [6, 6.07) is 2.95. The standard InChI is InChI=1S/C11H10BrClFN3O/c12-6-3-9-8(4-7(6)14)16-11(5-13)17(9)2-1-10(15)18/h3-4H,1-2,5H2,(H2,15,18). The predicted molar refractivity (Wildman–Crippen MR) is 70.8 cm³/mol. The molecule has 2 N–H and O–H groups in total. The first-order chi connectivity index (χ1) is 8.52. The molecule has 96 valence electrons. The quantitative estimate of drug-likeness (QED) is 0.874. The van der Waals surface area contributed by atoms with E-state index in [0.717, 1.165) is 5.52 Å². The zero-order valence-corrected chi connectivity index (χ0v) is 11.6. The van der Waals surface area contributed by atoms with Crippen LogP contribution in [0.5, 0.6) is 0 Å². The van der Waals surface area contributed by atoms with Crippen LogP contribution in [0, 0.1) is 5.82 Å². The van der Waals surface area contributed by atoms with Gasteiger partial charge in [-0.05, 0) is 22.0 Å². The van der Waals surface area contributed by atoms with Gasteiger partial charge in [0.15, 0.2) is 0 Å². The van der Waals surface area contributed by atoms with Crippen LogP contribution in [0.15, 0.2) is 16.6 Å². The molecule has 0 aliphatic heterocycles. The lowest BCUT2D eigenvalue weighted by Crippen LogP contribution is -2.14. The number of primary amides is 1. The molecule has 18 heavy (non-hydrogen) atoms. The summed E-state index contributed by atoms with van der Waals surface area (Å²) in [4.78, 5) is 15.1. The number of aromatic nitrogens is 2. The fourth-order valence-electron chi connectivity index (χ4n) is 1.74. The summed E-state index contributed by atoms with van der Waals surface area (Å²) < 4.78 is 15.5. The summed E-state index contributed by atoms with van der Waals surface area (Å²) in [5.41, 5.74) is 6.36. The fraction of sp³-hybridized carbons (Fsp3) is 0.273. The average molecular weight is 335 g/mol. The molecule has 1 heterocycles. The van der Waals surface area contributed by atoms with E-state index in [-0.39, 0.29) is 18.1 Å². The number of carbonyl (C=O) groups excluding carboxylic acids is 1. The Morgan fingerprint density at radius 2 is 2.28 bits per heavy atom. The third kappa shape index (κ3) is 2.49. The Hall–Kier alpha value is -1.14. The minimum absolute atomic E-state index is 0.185. The fourth-order valence-corrected chi connectivity index (χ4v) is 2.28. The Labute approximate surface area is 116 Å². The maximum Gasteiger partial charge on any atom is 0.219 e. The van der Waals surface area contributed by atoms with Gasteiger partial charge in [-0.3, -0.25) is 4.79 Å². The second kappa shape index (κ2) is 5.24. The van der Waals surface area contributed by atoms with Crippen LogP contribution < -0.4 is 5.73 Å². The van der Waals surface area contributed by atoms with E-state index in [0.29, 0.717) is 22.4 Å². The molecule has 0 atom stereocenters. The molecule has 0 saturated heterocycles. The van der Waals surface area contributed by atoms with Crippen LogP contribution in [0.1, 0.15) is 12.2 Å². The number of amides is 1. The number of benzene rings is 1. The molecule has 0 aliphatic carbocycles. The van der Waals surface area contributed by atoms with E-state index in [4.69, 9.17) is 17.3 Å². The van der Waals surface area contributed by atoms with Crippen molar-refractivity contribution in [3.8, 4) is 0 Å². The van der Waals surface area contributed by atoms with Crippen molar-refractivity contribution in [2.75, 3.05) is 0 Å². The number of fused-ring (bicyclic) bond motifs is 1. The highest BCUT2D eigenvalue weighted by atomic mass is 79.9. The van der Waals surface area contributed by atoms with Crippen molar-refractivity contribution in [1.29, 1.82) is 0 Å². The molecule has 0 spiro atoms. The van der Waals surface area contributed by atoms with Gasteiger partial charge in [0.2, 0.25) is 5.91 Å². The van der Waals surface area contributed by atoms with Gasteiger partial charge in [0.25, 0.3) is 0 Å². The largest absolute Gasteiger partial charge is 0.370 e. The third-order valence-electron chi connectivity index (χ3n) is 2.57. The van der Waals surface area contributed by atoms with Gasteiger partial charge >= 0.3 is 0 Å². The highest BCUT2D eigenvalue weighted by Gasteiger charge is 2.13. The predicted octanol–water partition coefficient (Wildman–Crippen LogP) is 2.55. The van der Waals surface area contributed by atoms with Gasteiger partial charge < -0.3 is 10.3 Å². The molecular formula is C11H10BrClFN3O. The molecule has 1 amide bonds. The minimum atomic E-state index is -0.404. The second-order valence-electron chi connectivity index (χ2n) is 3.78. The number of alkyl halides is 1. The van der Waals surface area contributed by atoms with E-state index in [1.54, 1.807) is 10.6 Å². The van der Waals surface area contributed by atoms with Crippen LogP contribution in [0.4, 0.5) is 4.39 Å². The van der Waals surface area contributed by atoms with Gasteiger partial charge in [0.1, 0.15) is 11.6 Å². The van der Waals surface area contributed by atoms with Crippen molar-refractivity contribution >= 4 is 44.5 Å². The molecule has 0 saturated carbocycles. The van der Waals surface area contributed by atoms with Crippen molar-refractivity contribution in [3.05, 3.63) is 28.2 Å². The van der Waals surface area contributed by atoms with Gasteiger partial charge in [-0.25, -0.2) is 9.37 Å². The van der Waals surface area contributed by atoms with Gasteiger partial charge in [-0.1, -0.05) is 0 Å². The van der Waals surface area contributed by atoms with Crippen LogP contribution in [-0.2, 0) is 17.2 Å². The number of nitrogens with zero attached hydrogens (tertiary/aromatic N) is 2. The number of halogens is 3. The van der Waals surface area contributed by atoms with Crippen LogP contribution in [0.25, 0.3) is 11.0 Å². The maximum atomic E-state index is 13.4. The van der Waals surface area contributed by atoms with Crippen molar-refractivity contribution in [3.63, 3.8) is 0 Å². The lowest BCUT2D eigenvalue weighted by atomic mass is 10.3. The lowest BCUT2D eigenvalue weighted by molar-refractivity contribution is -0.118. The molecule has 7 heteroatoms. The summed E-state index contributed by atoms with van der Waals surface area (Å²) >= 11 is 8.91. The first-order valence-electron chi connectivity index (χ1n) is 5.21. The van der Waals surface area contributed by atoms with Crippen molar-refractivity contribution < 1.29 is 9.18 Å². The minimum Gasteiger partial charge on any atom is -0.370 e. The zero-order valence-electron chi connectivity index (χ0n) is 9.29. The Kier molecular flexibility index (Phi) is 3.87. The molecular weight excluding hydrogens is 324 g/mol. The van der Waals surface area contributed by atoms with E-state index >= 15 is 0 Å². The topological polar surface area (TPSA) is 60.9 Å². The summed E-state index contributed by atoms with van der Waals surface area (Å²) in [7, 11) is 0. The Balaban J connectivity index is 2.53. The van der Waals surface area contributed by atoms with Crippen LogP contribution in [0.2, 0.25) is 0 Å². The van der Waals surface area contributed by atoms with Crippen LogP contribution >= 0.6 is 27.5 Å². The summed E-state index contributed by atoms with van der Waals surface area (Å²) in [5.74, 6) is -0.0145. The number of carbonyl (C=O) groups is 1. The summed E-state index contributed by atoms with van der Waals surface area (Å²) in [6.45, 7) is 0.381. The van der Waals surface area contributed by atoms with Gasteiger partial charge in [-0.2, -0.15) is 0 Å². The lowest BCUT2D eigenvalue weighted by Gasteiger charge is -2.06. The Morgan fingerprint density at radius 3 is 2.89 bits per heavy atom. The number of hydrogen-bond donors (Lipinski definition) is 1. The van der Waals surface area contributed by atoms with Crippen LogP contribution in [-0.4, -0.2) is 15.5 Å². The normalized spacial score (nSPS) is 11.1. The van der Waals surface area contributed by atoms with Crippen molar-refractivity contribution in [2.45, 2.75) is 18.8 Å². The third-order valence-corrected chi connectivity index (χ3v) is 3.42. The van der Waals surface area contributed by atoms with Crippen molar-refractivity contribution in [1.82, 2.24) is 9.55 Å². The molecule has 4 nitrogen and oxygen atoms in total. The maximum absolute atomic E-state index is 13.4. The average Bonchev–Trinajstić information content (AvgIpc) is 2.64. The van der Waals surface area contributed by atoms with Gasteiger partial charge in [-0.15, -0.1) is 11.6 Å². The van der Waals surface area contributed by atoms with E-state index < -0.39 is 5.91 Å². The number of aryl methyl sites for hydroxylation is 1.